The van der Waals surface area contributed by atoms with E-state index < -0.39 is 9.84 Å². The summed E-state index contributed by atoms with van der Waals surface area (Å²) in [6.07, 6.45) is 1.41. The molecule has 2 atom stereocenters. The van der Waals surface area contributed by atoms with Crippen LogP contribution in [0.2, 0.25) is 0 Å². The molecule has 0 radical (unpaired) electrons. The van der Waals surface area contributed by atoms with E-state index >= 15 is 0 Å². The van der Waals surface area contributed by atoms with E-state index in [1.165, 1.54) is 11.1 Å². The Bertz CT molecular complexity index is 992. The summed E-state index contributed by atoms with van der Waals surface area (Å²) >= 11 is 0. The van der Waals surface area contributed by atoms with Crippen LogP contribution in [-0.4, -0.2) is 19.2 Å². The predicted molar refractivity (Wildman–Crippen MR) is 95.8 cm³/mol. The molecule has 2 aliphatic rings. The Labute approximate surface area is 147 Å². The topological polar surface area (TPSA) is 82.8 Å². The minimum absolute atomic E-state index is 0.0209. The van der Waals surface area contributed by atoms with E-state index in [1.54, 1.807) is 6.07 Å². The largest absolute Gasteiger partial charge is 0.362 e. The van der Waals surface area contributed by atoms with Crippen LogP contribution in [0.1, 0.15) is 40.9 Å². The Kier molecular flexibility index (Phi) is 3.77. The summed E-state index contributed by atoms with van der Waals surface area (Å²) in [6.45, 7) is 2.19. The average Bonchev–Trinajstić information content (AvgIpc) is 2.89. The second-order valence-electron chi connectivity index (χ2n) is 6.95. The lowest BCUT2D eigenvalue weighted by Crippen LogP contribution is -2.22. The zero-order valence-electron chi connectivity index (χ0n) is 14.0. The number of hydrogen-bond donors (Lipinski definition) is 1. The maximum absolute atomic E-state index is 11.8. The molecule has 2 aromatic rings. The van der Waals surface area contributed by atoms with E-state index in [2.05, 4.69) is 35.4 Å². The van der Waals surface area contributed by atoms with Crippen molar-refractivity contribution in [1.82, 2.24) is 4.98 Å². The fourth-order valence-electron chi connectivity index (χ4n) is 3.85. The van der Waals surface area contributed by atoms with Crippen LogP contribution in [-0.2, 0) is 28.4 Å². The second kappa shape index (κ2) is 5.85. The van der Waals surface area contributed by atoms with Gasteiger partial charge in [0.05, 0.1) is 23.1 Å². The van der Waals surface area contributed by atoms with Gasteiger partial charge in [0, 0.05) is 12.1 Å². The molecule has 2 unspecified atom stereocenters. The number of benzene rings is 1. The molecule has 0 fully saturated rings. The van der Waals surface area contributed by atoms with Crippen molar-refractivity contribution in [3.8, 4) is 6.07 Å². The highest BCUT2D eigenvalue weighted by Gasteiger charge is 2.31. The molecule has 1 aliphatic carbocycles. The zero-order chi connectivity index (χ0) is 17.6. The highest BCUT2D eigenvalue weighted by atomic mass is 32.2. The maximum Gasteiger partial charge on any atom is 0.154 e. The predicted octanol–water partition coefficient (Wildman–Crippen LogP) is 2.77. The quantitative estimate of drug-likeness (QED) is 0.897. The van der Waals surface area contributed by atoms with Crippen LogP contribution in [0.25, 0.3) is 0 Å². The molecule has 1 aromatic carbocycles. The number of nitrogens with one attached hydrogen (secondary N) is 1. The van der Waals surface area contributed by atoms with E-state index in [-0.39, 0.29) is 17.5 Å². The standard InChI is InChI=1S/C19H19N3O2S/c1-12-8-13-4-2-3-5-16(13)18(12)22-19-14(10-20)9-15-11-25(23,24)7-6-17(15)21-19/h2-5,9,12,18H,6-8,11H2,1H3,(H,21,22). The third-order valence-electron chi connectivity index (χ3n) is 5.13. The van der Waals surface area contributed by atoms with Gasteiger partial charge in [-0.05, 0) is 35.1 Å². The van der Waals surface area contributed by atoms with Crippen LogP contribution in [0.4, 0.5) is 5.82 Å². The summed E-state index contributed by atoms with van der Waals surface area (Å²) in [5.41, 5.74) is 4.44. The molecule has 1 N–H and O–H groups in total. The monoisotopic (exact) mass is 353 g/mol. The highest BCUT2D eigenvalue weighted by molar-refractivity contribution is 7.90. The molecule has 1 aromatic heterocycles. The number of pyridine rings is 1. The van der Waals surface area contributed by atoms with Crippen molar-refractivity contribution in [1.29, 1.82) is 5.26 Å². The number of aromatic nitrogens is 1. The van der Waals surface area contributed by atoms with Crippen LogP contribution in [0.5, 0.6) is 0 Å². The van der Waals surface area contributed by atoms with Crippen molar-refractivity contribution < 1.29 is 8.42 Å². The first-order valence-electron chi connectivity index (χ1n) is 8.44. The molecule has 2 heterocycles. The van der Waals surface area contributed by atoms with E-state index in [0.717, 1.165) is 12.1 Å². The van der Waals surface area contributed by atoms with E-state index in [0.29, 0.717) is 29.3 Å². The summed E-state index contributed by atoms with van der Waals surface area (Å²) in [6, 6.07) is 12.3. The molecule has 1 aliphatic heterocycles. The van der Waals surface area contributed by atoms with Crippen molar-refractivity contribution in [3.63, 3.8) is 0 Å². The molecule has 4 rings (SSSR count). The Morgan fingerprint density at radius 2 is 2.08 bits per heavy atom. The Morgan fingerprint density at radius 3 is 2.88 bits per heavy atom. The number of nitrogens with zero attached hydrogens (tertiary/aromatic N) is 2. The molecule has 0 saturated heterocycles. The van der Waals surface area contributed by atoms with Gasteiger partial charge < -0.3 is 5.32 Å². The molecular weight excluding hydrogens is 334 g/mol. The zero-order valence-corrected chi connectivity index (χ0v) is 14.8. The fourth-order valence-corrected chi connectivity index (χ4v) is 5.23. The van der Waals surface area contributed by atoms with Gasteiger partial charge >= 0.3 is 0 Å². The normalized spacial score (nSPS) is 23.4. The van der Waals surface area contributed by atoms with Crippen LogP contribution < -0.4 is 5.32 Å². The summed E-state index contributed by atoms with van der Waals surface area (Å²) in [7, 11) is -3.07. The summed E-state index contributed by atoms with van der Waals surface area (Å²) in [5.74, 6) is 1.07. The second-order valence-corrected chi connectivity index (χ2v) is 9.13. The molecule has 0 amide bonds. The molecular formula is C19H19N3O2S. The Morgan fingerprint density at radius 1 is 1.28 bits per heavy atom. The van der Waals surface area contributed by atoms with Gasteiger partial charge in [-0.2, -0.15) is 5.26 Å². The Hall–Kier alpha value is -2.39. The number of rotatable bonds is 2. The molecule has 0 bridgehead atoms. The van der Waals surface area contributed by atoms with Crippen molar-refractivity contribution in [2.45, 2.75) is 31.6 Å². The number of aryl methyl sites for hydroxylation is 1. The summed E-state index contributed by atoms with van der Waals surface area (Å²) in [4.78, 5) is 4.62. The van der Waals surface area contributed by atoms with Crippen molar-refractivity contribution >= 4 is 15.7 Å². The third-order valence-corrected chi connectivity index (χ3v) is 6.71. The van der Waals surface area contributed by atoms with Gasteiger partial charge in [-0.15, -0.1) is 0 Å². The van der Waals surface area contributed by atoms with Gasteiger partial charge in [0.25, 0.3) is 0 Å². The SMILES string of the molecule is CC1Cc2ccccc2C1Nc1nc2c(cc1C#N)CS(=O)(=O)CC2. The van der Waals surface area contributed by atoms with Crippen molar-refractivity contribution in [2.75, 3.05) is 11.1 Å². The van der Waals surface area contributed by atoms with Gasteiger partial charge in [-0.1, -0.05) is 31.2 Å². The van der Waals surface area contributed by atoms with Gasteiger partial charge in [0.2, 0.25) is 0 Å². The molecule has 25 heavy (non-hydrogen) atoms. The van der Waals surface area contributed by atoms with Crippen molar-refractivity contribution in [3.05, 3.63) is 58.3 Å². The van der Waals surface area contributed by atoms with Crippen LogP contribution >= 0.6 is 0 Å². The van der Waals surface area contributed by atoms with E-state index in [4.69, 9.17) is 0 Å². The van der Waals surface area contributed by atoms with Gasteiger partial charge in [0.15, 0.2) is 9.84 Å². The average molecular weight is 353 g/mol. The number of fused-ring (bicyclic) bond motifs is 2. The first-order valence-corrected chi connectivity index (χ1v) is 10.3. The minimum Gasteiger partial charge on any atom is -0.362 e. The molecule has 6 heteroatoms. The van der Waals surface area contributed by atoms with Crippen LogP contribution in [0.15, 0.2) is 30.3 Å². The van der Waals surface area contributed by atoms with Gasteiger partial charge in [-0.3, -0.25) is 0 Å². The lowest BCUT2D eigenvalue weighted by atomic mass is 10.0. The summed E-state index contributed by atoms with van der Waals surface area (Å²) < 4.78 is 23.7. The van der Waals surface area contributed by atoms with Crippen LogP contribution in [0.3, 0.4) is 0 Å². The molecule has 128 valence electrons. The fraction of sp³-hybridized carbons (Fsp3) is 0.368. The molecule has 5 nitrogen and oxygen atoms in total. The molecule has 0 spiro atoms. The highest BCUT2D eigenvalue weighted by Crippen LogP contribution is 2.38. The first-order chi connectivity index (χ1) is 12.0. The third kappa shape index (κ3) is 2.89. The smallest absolute Gasteiger partial charge is 0.154 e. The van der Waals surface area contributed by atoms with Crippen molar-refractivity contribution in [2.24, 2.45) is 5.92 Å². The number of nitriles is 1. The minimum atomic E-state index is -3.07. The number of hydrogen-bond acceptors (Lipinski definition) is 5. The van der Waals surface area contributed by atoms with Crippen LogP contribution in [0, 0.1) is 17.2 Å². The van der Waals surface area contributed by atoms with Gasteiger partial charge in [-0.25, -0.2) is 13.4 Å². The number of anilines is 1. The summed E-state index contributed by atoms with van der Waals surface area (Å²) in [5, 5.41) is 13.0. The van der Waals surface area contributed by atoms with E-state index in [9.17, 15) is 13.7 Å². The lowest BCUT2D eigenvalue weighted by Gasteiger charge is -2.22. The lowest BCUT2D eigenvalue weighted by molar-refractivity contribution is 0.540. The maximum atomic E-state index is 11.8. The molecule has 0 saturated carbocycles. The van der Waals surface area contributed by atoms with Gasteiger partial charge in [0.1, 0.15) is 11.9 Å². The Balaban J connectivity index is 1.71. The first kappa shape index (κ1) is 16.1. The number of sulfone groups is 1. The van der Waals surface area contributed by atoms with E-state index in [1.807, 2.05) is 12.1 Å².